The Morgan fingerprint density at radius 1 is 1.07 bits per heavy atom. The lowest BCUT2D eigenvalue weighted by Gasteiger charge is -2.28. The van der Waals surface area contributed by atoms with Gasteiger partial charge in [-0.05, 0) is 48.7 Å². The van der Waals surface area contributed by atoms with Crippen molar-refractivity contribution < 1.29 is 18.0 Å². The zero-order valence-electron chi connectivity index (χ0n) is 15.3. The Kier molecular flexibility index (Phi) is 4.92. The minimum atomic E-state index is -4.43. The number of fused-ring (bicyclic) bond motifs is 1. The van der Waals surface area contributed by atoms with Crippen LogP contribution in [0.5, 0.6) is 0 Å². The summed E-state index contributed by atoms with van der Waals surface area (Å²) in [6.45, 7) is 0.463. The molecular formula is C21H17F3N4O. The van der Waals surface area contributed by atoms with Crippen molar-refractivity contribution in [3.8, 4) is 11.3 Å². The highest BCUT2D eigenvalue weighted by atomic mass is 19.4. The highest BCUT2D eigenvalue weighted by Crippen LogP contribution is 2.33. The summed E-state index contributed by atoms with van der Waals surface area (Å²) in [5, 5.41) is 2.73. The highest BCUT2D eigenvalue weighted by molar-refractivity contribution is 6.01. The van der Waals surface area contributed by atoms with Crippen LogP contribution >= 0.6 is 0 Å². The fourth-order valence-electron chi connectivity index (χ4n) is 3.27. The summed E-state index contributed by atoms with van der Waals surface area (Å²) in [5.41, 5.74) is 0.869. The van der Waals surface area contributed by atoms with Crippen molar-refractivity contribution in [2.75, 3.05) is 16.8 Å². The zero-order valence-corrected chi connectivity index (χ0v) is 15.3. The third kappa shape index (κ3) is 4.06. The molecule has 0 atom stereocenters. The Morgan fingerprint density at radius 2 is 1.93 bits per heavy atom. The van der Waals surface area contributed by atoms with Gasteiger partial charge in [-0.25, -0.2) is 14.8 Å². The first-order valence-corrected chi connectivity index (χ1v) is 9.09. The molecule has 0 spiro atoms. The quantitative estimate of drug-likeness (QED) is 0.650. The first-order chi connectivity index (χ1) is 13.9. The molecule has 4 rings (SSSR count). The number of aryl methyl sites for hydroxylation is 1. The van der Waals surface area contributed by atoms with Crippen molar-refractivity contribution in [1.82, 2.24) is 9.97 Å². The fraction of sp³-hybridized carbons (Fsp3) is 0.190. The molecule has 1 aliphatic heterocycles. The average Bonchev–Trinajstić information content (AvgIpc) is 2.73. The van der Waals surface area contributed by atoms with E-state index < -0.39 is 11.7 Å². The van der Waals surface area contributed by atoms with Gasteiger partial charge < -0.3 is 0 Å². The van der Waals surface area contributed by atoms with E-state index in [-0.39, 0.29) is 6.03 Å². The number of carbonyl (C=O) groups is 1. The van der Waals surface area contributed by atoms with E-state index in [0.29, 0.717) is 29.4 Å². The number of alkyl halides is 3. The van der Waals surface area contributed by atoms with Gasteiger partial charge in [0.1, 0.15) is 11.6 Å². The second-order valence-electron chi connectivity index (χ2n) is 6.66. The lowest BCUT2D eigenvalue weighted by molar-refractivity contribution is -0.137. The number of anilines is 2. The molecule has 0 saturated carbocycles. The van der Waals surface area contributed by atoms with Crippen LogP contribution in [-0.2, 0) is 12.6 Å². The minimum absolute atomic E-state index is 0.346. The molecule has 1 aromatic carbocycles. The molecule has 1 N–H and O–H groups in total. The summed E-state index contributed by atoms with van der Waals surface area (Å²) >= 11 is 0. The zero-order chi connectivity index (χ0) is 20.4. The molecule has 0 bridgehead atoms. The number of urea groups is 1. The molecule has 2 amide bonds. The number of hydrogen-bond donors (Lipinski definition) is 1. The number of amides is 2. The molecule has 0 aliphatic carbocycles. The van der Waals surface area contributed by atoms with Gasteiger partial charge in [-0.2, -0.15) is 13.2 Å². The largest absolute Gasteiger partial charge is 0.416 e. The maximum absolute atomic E-state index is 13.0. The van der Waals surface area contributed by atoms with Crippen LogP contribution in [0, 0.1) is 0 Å². The van der Waals surface area contributed by atoms with Crippen molar-refractivity contribution in [2.45, 2.75) is 19.0 Å². The maximum Gasteiger partial charge on any atom is 0.416 e. The van der Waals surface area contributed by atoms with Crippen molar-refractivity contribution in [1.29, 1.82) is 0 Å². The van der Waals surface area contributed by atoms with Gasteiger partial charge in [0.25, 0.3) is 0 Å². The van der Waals surface area contributed by atoms with Gasteiger partial charge >= 0.3 is 12.2 Å². The van der Waals surface area contributed by atoms with Crippen LogP contribution in [0.2, 0.25) is 0 Å². The summed E-state index contributed by atoms with van der Waals surface area (Å²) in [7, 11) is 0. The number of aromatic nitrogens is 2. The number of pyridine rings is 2. The van der Waals surface area contributed by atoms with Crippen LogP contribution in [0.3, 0.4) is 0 Å². The molecule has 2 aromatic heterocycles. The van der Waals surface area contributed by atoms with Crippen LogP contribution in [0.4, 0.5) is 29.6 Å². The van der Waals surface area contributed by atoms with Gasteiger partial charge in [-0.3, -0.25) is 10.2 Å². The number of carbonyl (C=O) groups excluding carboxylic acids is 1. The predicted octanol–water partition coefficient (Wildman–Crippen LogP) is 5.15. The van der Waals surface area contributed by atoms with Gasteiger partial charge in [0, 0.05) is 18.3 Å². The van der Waals surface area contributed by atoms with Gasteiger partial charge in [-0.1, -0.05) is 24.3 Å². The molecule has 5 nitrogen and oxygen atoms in total. The molecule has 0 fully saturated rings. The first-order valence-electron chi connectivity index (χ1n) is 9.09. The third-order valence-corrected chi connectivity index (χ3v) is 4.67. The van der Waals surface area contributed by atoms with Crippen LogP contribution in [0.25, 0.3) is 11.3 Å². The summed E-state index contributed by atoms with van der Waals surface area (Å²) in [5.74, 6) is 0.873. The third-order valence-electron chi connectivity index (χ3n) is 4.67. The molecular weight excluding hydrogens is 381 g/mol. The topological polar surface area (TPSA) is 58.1 Å². The Balaban J connectivity index is 1.66. The Bertz CT molecular complexity index is 1040. The van der Waals surface area contributed by atoms with Crippen LogP contribution in [0.15, 0.2) is 60.8 Å². The van der Waals surface area contributed by atoms with Crippen LogP contribution in [0.1, 0.15) is 17.5 Å². The summed E-state index contributed by atoms with van der Waals surface area (Å²) < 4.78 is 39.1. The van der Waals surface area contributed by atoms with Gasteiger partial charge in [0.15, 0.2) is 0 Å². The summed E-state index contributed by atoms with van der Waals surface area (Å²) in [4.78, 5) is 22.9. The van der Waals surface area contributed by atoms with Crippen molar-refractivity contribution in [2.24, 2.45) is 0 Å². The van der Waals surface area contributed by atoms with E-state index in [2.05, 4.69) is 15.3 Å². The Hall–Kier alpha value is -3.42. The molecule has 8 heteroatoms. The van der Waals surface area contributed by atoms with E-state index in [9.17, 15) is 18.0 Å². The Morgan fingerprint density at radius 3 is 2.69 bits per heavy atom. The normalized spacial score (nSPS) is 13.7. The van der Waals surface area contributed by atoms with Gasteiger partial charge in [-0.15, -0.1) is 0 Å². The molecule has 1 aliphatic rings. The van der Waals surface area contributed by atoms with E-state index in [0.717, 1.165) is 30.5 Å². The van der Waals surface area contributed by atoms with Crippen LogP contribution in [-0.4, -0.2) is 22.5 Å². The lowest BCUT2D eigenvalue weighted by atomic mass is 10.0. The lowest BCUT2D eigenvalue weighted by Crippen LogP contribution is -2.39. The number of nitrogens with one attached hydrogen (secondary N) is 1. The molecule has 29 heavy (non-hydrogen) atoms. The second-order valence-corrected chi connectivity index (χ2v) is 6.66. The molecule has 148 valence electrons. The van der Waals surface area contributed by atoms with E-state index in [1.54, 1.807) is 36.5 Å². The molecule has 3 heterocycles. The molecule has 0 saturated heterocycles. The van der Waals surface area contributed by atoms with Crippen LogP contribution < -0.4 is 10.2 Å². The number of halogens is 3. The average molecular weight is 398 g/mol. The Labute approximate surface area is 165 Å². The summed E-state index contributed by atoms with van der Waals surface area (Å²) in [6.07, 6.45) is -1.34. The van der Waals surface area contributed by atoms with Gasteiger partial charge in [0.2, 0.25) is 0 Å². The van der Waals surface area contributed by atoms with E-state index >= 15 is 0 Å². The van der Waals surface area contributed by atoms with E-state index in [4.69, 9.17) is 0 Å². The molecule has 0 radical (unpaired) electrons. The van der Waals surface area contributed by atoms with Gasteiger partial charge in [0.05, 0.1) is 11.3 Å². The smallest absolute Gasteiger partial charge is 0.292 e. The molecule has 3 aromatic rings. The number of rotatable bonds is 2. The standard InChI is InChI=1S/C21H17F3N4O/c22-21(23,24)16-7-3-5-15(13-16)17-10-9-14-6-4-12-28(19(14)26-17)20(29)27-18-8-1-2-11-25-18/h1-3,5,7-11,13H,4,6,12H2,(H,25,27,29). The maximum atomic E-state index is 13.0. The van der Waals surface area contributed by atoms with E-state index in [1.807, 2.05) is 6.07 Å². The van der Waals surface area contributed by atoms with E-state index in [1.165, 1.54) is 11.0 Å². The molecule has 0 unspecified atom stereocenters. The number of nitrogens with zero attached hydrogens (tertiary/aromatic N) is 3. The SMILES string of the molecule is O=C(Nc1ccccn1)N1CCCc2ccc(-c3cccc(C(F)(F)F)c3)nc21. The van der Waals surface area contributed by atoms with Crippen molar-refractivity contribution in [3.63, 3.8) is 0 Å². The number of benzene rings is 1. The fourth-order valence-corrected chi connectivity index (χ4v) is 3.27. The second kappa shape index (κ2) is 7.54. The monoisotopic (exact) mass is 398 g/mol. The number of hydrogen-bond acceptors (Lipinski definition) is 3. The predicted molar refractivity (Wildman–Crippen MR) is 104 cm³/mol. The first kappa shape index (κ1) is 18.9. The summed E-state index contributed by atoms with van der Waals surface area (Å²) in [6, 6.07) is 13.3. The minimum Gasteiger partial charge on any atom is -0.292 e. The van der Waals surface area contributed by atoms with Crippen molar-refractivity contribution in [3.05, 3.63) is 71.9 Å². The van der Waals surface area contributed by atoms with Crippen molar-refractivity contribution >= 4 is 17.7 Å². The highest BCUT2D eigenvalue weighted by Gasteiger charge is 2.31.